The van der Waals surface area contributed by atoms with Gasteiger partial charge in [-0.2, -0.15) is 5.21 Å². The topological polar surface area (TPSA) is 92.8 Å². The van der Waals surface area contributed by atoms with E-state index >= 15 is 0 Å². The van der Waals surface area contributed by atoms with Gasteiger partial charge in [-0.25, -0.2) is 4.39 Å². The highest BCUT2D eigenvalue weighted by Gasteiger charge is 2.58. The van der Waals surface area contributed by atoms with Crippen LogP contribution in [0.4, 0.5) is 4.39 Å². The number of carbonyl (C=O) groups excluding carboxylic acids is 1. The summed E-state index contributed by atoms with van der Waals surface area (Å²) in [5.41, 5.74) is -1.15. The largest absolute Gasteiger partial charge is 0.476 e. The lowest BCUT2D eigenvalue weighted by Crippen LogP contribution is -2.63. The van der Waals surface area contributed by atoms with Gasteiger partial charge in [0.25, 0.3) is 5.91 Å². The number of hydrogen-bond donors (Lipinski definition) is 2. The molecule has 160 valence electrons. The first-order valence-electron chi connectivity index (χ1n) is 10.4. The minimum atomic E-state index is -1.14. The van der Waals surface area contributed by atoms with Crippen LogP contribution < -0.4 is 10.1 Å². The van der Waals surface area contributed by atoms with E-state index in [2.05, 4.69) is 25.9 Å². The van der Waals surface area contributed by atoms with Crippen molar-refractivity contribution in [2.45, 2.75) is 63.0 Å². The molecule has 1 amide bonds. The van der Waals surface area contributed by atoms with Crippen molar-refractivity contribution >= 4 is 17.5 Å². The Balaban J connectivity index is 1.31. The zero-order valence-electron chi connectivity index (χ0n) is 17.0. The molecule has 4 aliphatic rings. The Hall–Kier alpha value is -2.22. The van der Waals surface area contributed by atoms with Crippen LogP contribution in [0.15, 0.2) is 18.2 Å². The quantitative estimate of drug-likeness (QED) is 0.753. The van der Waals surface area contributed by atoms with Crippen LogP contribution in [0.1, 0.15) is 51.8 Å². The second kappa shape index (κ2) is 6.90. The summed E-state index contributed by atoms with van der Waals surface area (Å²) in [5, 5.41) is 18.4. The second-order valence-electron chi connectivity index (χ2n) is 9.67. The van der Waals surface area contributed by atoms with E-state index in [-0.39, 0.29) is 22.4 Å². The third-order valence-electron chi connectivity index (χ3n) is 7.20. The highest BCUT2D eigenvalue weighted by Crippen LogP contribution is 2.60. The summed E-state index contributed by atoms with van der Waals surface area (Å²) < 4.78 is 19.2. The standard InChI is InChI=1S/C21H25ClFN5O2/c1-20(2,30-16-4-3-14(23)7-15(16)22)19(29)24-17-12-5-11-6-13(17)10-21(8-11,9-12)18-25-27-28-26-18/h3-4,7,11-13,17H,5-6,8-10H2,1-2H3,(H,24,29)(H,25,26,27,28). The molecule has 30 heavy (non-hydrogen) atoms. The molecule has 1 aromatic carbocycles. The predicted octanol–water partition coefficient (Wildman–Crippen LogP) is 3.41. The minimum absolute atomic E-state index is 0.0155. The Bertz CT molecular complexity index is 950. The molecule has 4 bridgehead atoms. The number of aromatic nitrogens is 4. The van der Waals surface area contributed by atoms with Gasteiger partial charge in [0.1, 0.15) is 11.6 Å². The number of carbonyl (C=O) groups is 1. The van der Waals surface area contributed by atoms with Gasteiger partial charge in [-0.15, -0.1) is 10.2 Å². The molecule has 6 rings (SSSR count). The number of halogens is 2. The molecule has 4 fully saturated rings. The van der Waals surface area contributed by atoms with Crippen molar-refractivity contribution in [2.24, 2.45) is 17.8 Å². The number of amides is 1. The third kappa shape index (κ3) is 3.25. The third-order valence-corrected chi connectivity index (χ3v) is 7.49. The normalized spacial score (nSPS) is 32.3. The van der Waals surface area contributed by atoms with E-state index in [1.807, 2.05) is 0 Å². The summed E-state index contributed by atoms with van der Waals surface area (Å²) in [7, 11) is 0. The molecule has 0 radical (unpaired) electrons. The maximum atomic E-state index is 13.3. The van der Waals surface area contributed by atoms with Gasteiger partial charge in [0.15, 0.2) is 11.4 Å². The second-order valence-corrected chi connectivity index (χ2v) is 10.1. The fourth-order valence-corrected chi connectivity index (χ4v) is 6.33. The Morgan fingerprint density at radius 2 is 2.03 bits per heavy atom. The lowest BCUT2D eigenvalue weighted by Gasteiger charge is -2.59. The van der Waals surface area contributed by atoms with Crippen LogP contribution >= 0.6 is 11.6 Å². The van der Waals surface area contributed by atoms with Crippen molar-refractivity contribution in [3.63, 3.8) is 0 Å². The van der Waals surface area contributed by atoms with Crippen molar-refractivity contribution in [3.8, 4) is 5.75 Å². The molecule has 4 aliphatic carbocycles. The van der Waals surface area contributed by atoms with Gasteiger partial charge in [0, 0.05) is 11.5 Å². The summed E-state index contributed by atoms with van der Waals surface area (Å²) in [6.07, 6.45) is 5.28. The number of H-pyrrole nitrogens is 1. The van der Waals surface area contributed by atoms with Gasteiger partial charge in [-0.3, -0.25) is 4.79 Å². The van der Waals surface area contributed by atoms with Crippen LogP contribution in [-0.4, -0.2) is 38.2 Å². The van der Waals surface area contributed by atoms with E-state index < -0.39 is 11.4 Å². The summed E-state index contributed by atoms with van der Waals surface area (Å²) in [4.78, 5) is 13.2. The molecular formula is C21H25ClFN5O2. The number of ether oxygens (including phenoxy) is 1. The molecule has 0 saturated heterocycles. The van der Waals surface area contributed by atoms with E-state index in [4.69, 9.17) is 16.3 Å². The molecule has 9 heteroatoms. The first kappa shape index (κ1) is 19.7. The maximum absolute atomic E-state index is 13.3. The van der Waals surface area contributed by atoms with Crippen LogP contribution in [0, 0.1) is 23.6 Å². The number of nitrogens with one attached hydrogen (secondary N) is 2. The zero-order valence-corrected chi connectivity index (χ0v) is 17.7. The van der Waals surface area contributed by atoms with Crippen LogP contribution in [-0.2, 0) is 10.2 Å². The summed E-state index contributed by atoms with van der Waals surface area (Å²) in [5.74, 6) is 1.91. The molecule has 7 nitrogen and oxygen atoms in total. The van der Waals surface area contributed by atoms with Crippen molar-refractivity contribution in [1.29, 1.82) is 0 Å². The lowest BCUT2D eigenvalue weighted by atomic mass is 9.47. The Morgan fingerprint density at radius 1 is 1.30 bits per heavy atom. The lowest BCUT2D eigenvalue weighted by molar-refractivity contribution is -0.138. The van der Waals surface area contributed by atoms with Gasteiger partial charge in [-0.05, 0) is 81.9 Å². The molecule has 0 spiro atoms. The monoisotopic (exact) mass is 433 g/mol. The Labute approximate surface area is 179 Å². The van der Waals surface area contributed by atoms with E-state index in [1.165, 1.54) is 18.2 Å². The molecule has 2 unspecified atom stereocenters. The number of aromatic amines is 1. The highest BCUT2D eigenvalue weighted by molar-refractivity contribution is 6.32. The maximum Gasteiger partial charge on any atom is 0.263 e. The van der Waals surface area contributed by atoms with E-state index in [9.17, 15) is 9.18 Å². The van der Waals surface area contributed by atoms with E-state index in [0.717, 1.165) is 37.9 Å². The van der Waals surface area contributed by atoms with Crippen molar-refractivity contribution < 1.29 is 13.9 Å². The van der Waals surface area contributed by atoms with Gasteiger partial charge < -0.3 is 10.1 Å². The molecule has 2 N–H and O–H groups in total. The van der Waals surface area contributed by atoms with Gasteiger partial charge >= 0.3 is 0 Å². The first-order chi connectivity index (χ1) is 14.3. The molecule has 4 saturated carbocycles. The molecular weight excluding hydrogens is 409 g/mol. The fraction of sp³-hybridized carbons (Fsp3) is 0.619. The van der Waals surface area contributed by atoms with Gasteiger partial charge in [0.05, 0.1) is 5.02 Å². The number of nitrogens with zero attached hydrogens (tertiary/aromatic N) is 3. The molecule has 1 aromatic heterocycles. The van der Waals surface area contributed by atoms with Crippen LogP contribution in [0.2, 0.25) is 5.02 Å². The van der Waals surface area contributed by atoms with E-state index in [1.54, 1.807) is 13.8 Å². The summed E-state index contributed by atoms with van der Waals surface area (Å²) >= 11 is 6.08. The van der Waals surface area contributed by atoms with Gasteiger partial charge in [0.2, 0.25) is 0 Å². The van der Waals surface area contributed by atoms with Crippen molar-refractivity contribution in [1.82, 2.24) is 25.9 Å². The van der Waals surface area contributed by atoms with Crippen molar-refractivity contribution in [2.75, 3.05) is 0 Å². The molecule has 1 heterocycles. The molecule has 0 aliphatic heterocycles. The predicted molar refractivity (Wildman–Crippen MR) is 107 cm³/mol. The van der Waals surface area contributed by atoms with Crippen LogP contribution in [0.25, 0.3) is 0 Å². The zero-order chi connectivity index (χ0) is 21.1. The van der Waals surface area contributed by atoms with Gasteiger partial charge in [-0.1, -0.05) is 16.8 Å². The van der Waals surface area contributed by atoms with Crippen molar-refractivity contribution in [3.05, 3.63) is 34.9 Å². The molecule has 2 aromatic rings. The van der Waals surface area contributed by atoms with E-state index in [0.29, 0.717) is 23.5 Å². The number of rotatable bonds is 5. The fourth-order valence-electron chi connectivity index (χ4n) is 6.12. The smallest absolute Gasteiger partial charge is 0.263 e. The number of benzene rings is 1. The Kier molecular flexibility index (Phi) is 4.54. The SMILES string of the molecule is CC(C)(Oc1ccc(F)cc1Cl)C(=O)NC1C2CC3CC1CC(c1nn[nH]n1)(C3)C2. The molecule has 2 atom stereocenters. The first-order valence-corrected chi connectivity index (χ1v) is 10.8. The number of tetrazole rings is 1. The highest BCUT2D eigenvalue weighted by atomic mass is 35.5. The average molecular weight is 434 g/mol. The number of hydrogen-bond acceptors (Lipinski definition) is 5. The minimum Gasteiger partial charge on any atom is -0.476 e. The summed E-state index contributed by atoms with van der Waals surface area (Å²) in [6, 6.07) is 4.01. The summed E-state index contributed by atoms with van der Waals surface area (Å²) in [6.45, 7) is 3.41. The Morgan fingerprint density at radius 3 is 2.67 bits per heavy atom. The van der Waals surface area contributed by atoms with Crippen LogP contribution in [0.3, 0.4) is 0 Å². The van der Waals surface area contributed by atoms with Crippen LogP contribution in [0.5, 0.6) is 5.75 Å². The average Bonchev–Trinajstić information content (AvgIpc) is 3.22.